The van der Waals surface area contributed by atoms with Gasteiger partial charge in [0.15, 0.2) is 5.82 Å². The first-order valence-electron chi connectivity index (χ1n) is 10.8. The number of aromatic nitrogens is 2. The Morgan fingerprint density at radius 3 is 2.10 bits per heavy atom. The molecule has 0 N–H and O–H groups in total. The smallest absolute Gasteiger partial charge is 0.225 e. The van der Waals surface area contributed by atoms with Crippen molar-refractivity contribution in [2.24, 2.45) is 5.92 Å². The van der Waals surface area contributed by atoms with E-state index >= 15 is 0 Å². The van der Waals surface area contributed by atoms with Gasteiger partial charge in [0.25, 0.3) is 0 Å². The normalized spacial score (nSPS) is 17.5. The van der Waals surface area contributed by atoms with E-state index in [-0.39, 0.29) is 17.7 Å². The highest BCUT2D eigenvalue weighted by molar-refractivity contribution is 5.80. The molecule has 0 atom stereocenters. The number of carbonyl (C=O) groups is 2. The molecule has 1 aromatic carbocycles. The Bertz CT molecular complexity index is 900. The summed E-state index contributed by atoms with van der Waals surface area (Å²) in [7, 11) is 1.65. The fraction of sp³-hybridized carbons (Fsp3) is 0.478. The Morgan fingerprint density at radius 2 is 1.55 bits per heavy atom. The third-order valence-electron chi connectivity index (χ3n) is 6.24. The molecule has 31 heavy (non-hydrogen) atoms. The van der Waals surface area contributed by atoms with E-state index in [1.807, 2.05) is 46.2 Å². The van der Waals surface area contributed by atoms with Crippen LogP contribution in [-0.4, -0.2) is 78.2 Å². The van der Waals surface area contributed by atoms with Crippen molar-refractivity contribution >= 4 is 17.6 Å². The number of carbonyl (C=O) groups excluding carboxylic acids is 2. The van der Waals surface area contributed by atoms with E-state index in [1.54, 1.807) is 14.0 Å². The number of rotatable bonds is 4. The molecule has 0 spiro atoms. The Kier molecular flexibility index (Phi) is 6.34. The number of benzene rings is 1. The van der Waals surface area contributed by atoms with Crippen molar-refractivity contribution in [1.82, 2.24) is 20.0 Å². The molecule has 1 aromatic heterocycles. The molecule has 3 heterocycles. The Labute approximate surface area is 182 Å². The average Bonchev–Trinajstić information content (AvgIpc) is 2.84. The van der Waals surface area contributed by atoms with Crippen molar-refractivity contribution in [3.05, 3.63) is 36.4 Å². The van der Waals surface area contributed by atoms with Gasteiger partial charge in [0, 0.05) is 57.7 Å². The minimum Gasteiger partial charge on any atom is -0.497 e. The fourth-order valence-electron chi connectivity index (χ4n) is 4.27. The molecule has 0 bridgehead atoms. The third kappa shape index (κ3) is 4.78. The number of hydrogen-bond donors (Lipinski definition) is 0. The van der Waals surface area contributed by atoms with Gasteiger partial charge < -0.3 is 19.4 Å². The number of likely N-dealkylation sites (tertiary alicyclic amines) is 1. The molecule has 0 radical (unpaired) electrons. The maximum atomic E-state index is 12.9. The van der Waals surface area contributed by atoms with E-state index in [9.17, 15) is 9.59 Å². The van der Waals surface area contributed by atoms with E-state index in [1.165, 1.54) is 0 Å². The number of hydrogen-bond acceptors (Lipinski definition) is 6. The van der Waals surface area contributed by atoms with Crippen LogP contribution in [0.3, 0.4) is 0 Å². The second-order valence-electron chi connectivity index (χ2n) is 8.10. The zero-order valence-electron chi connectivity index (χ0n) is 18.2. The fourth-order valence-corrected chi connectivity index (χ4v) is 4.27. The summed E-state index contributed by atoms with van der Waals surface area (Å²) in [5, 5.41) is 8.79. The number of methoxy groups -OCH3 is 1. The van der Waals surface area contributed by atoms with Crippen molar-refractivity contribution < 1.29 is 14.3 Å². The van der Waals surface area contributed by atoms with Crippen molar-refractivity contribution in [3.8, 4) is 17.0 Å². The topological polar surface area (TPSA) is 78.9 Å². The van der Waals surface area contributed by atoms with Gasteiger partial charge in [0.1, 0.15) is 5.75 Å². The molecule has 8 heteroatoms. The van der Waals surface area contributed by atoms with Crippen LogP contribution in [0.15, 0.2) is 36.4 Å². The van der Waals surface area contributed by atoms with Gasteiger partial charge in [-0.05, 0) is 49.2 Å². The van der Waals surface area contributed by atoms with Crippen molar-refractivity contribution in [3.63, 3.8) is 0 Å². The van der Waals surface area contributed by atoms with Crippen LogP contribution in [-0.2, 0) is 9.59 Å². The minimum absolute atomic E-state index is 0.0331. The molecule has 2 aliphatic rings. The summed E-state index contributed by atoms with van der Waals surface area (Å²) in [6, 6.07) is 11.7. The molecule has 2 amide bonds. The Morgan fingerprint density at radius 1 is 0.871 bits per heavy atom. The maximum absolute atomic E-state index is 12.9. The molecule has 2 saturated heterocycles. The van der Waals surface area contributed by atoms with Crippen molar-refractivity contribution in [1.29, 1.82) is 0 Å². The lowest BCUT2D eigenvalue weighted by molar-refractivity contribution is -0.140. The summed E-state index contributed by atoms with van der Waals surface area (Å²) < 4.78 is 5.20. The van der Waals surface area contributed by atoms with Crippen LogP contribution >= 0.6 is 0 Å². The average molecular weight is 424 g/mol. The number of anilines is 1. The minimum atomic E-state index is 0.0331. The summed E-state index contributed by atoms with van der Waals surface area (Å²) in [6.07, 6.45) is 1.52. The summed E-state index contributed by atoms with van der Waals surface area (Å²) >= 11 is 0. The highest BCUT2D eigenvalue weighted by atomic mass is 16.5. The largest absolute Gasteiger partial charge is 0.497 e. The van der Waals surface area contributed by atoms with E-state index < -0.39 is 0 Å². The van der Waals surface area contributed by atoms with Gasteiger partial charge in [-0.1, -0.05) is 0 Å². The quantitative estimate of drug-likeness (QED) is 0.749. The Hall–Kier alpha value is -3.16. The summed E-state index contributed by atoms with van der Waals surface area (Å²) in [4.78, 5) is 30.3. The standard InChI is InChI=1S/C23H29N5O3/c1-17(29)26-11-9-19(10-12-26)23(30)28-15-13-27(14-16-28)22-8-7-21(24-25-22)18-3-5-20(31-2)6-4-18/h3-8,19H,9-16H2,1-2H3. The second-order valence-corrected chi connectivity index (χ2v) is 8.10. The summed E-state index contributed by atoms with van der Waals surface area (Å²) in [6.45, 7) is 5.82. The predicted octanol–water partition coefficient (Wildman–Crippen LogP) is 2.06. The van der Waals surface area contributed by atoms with Crippen LogP contribution in [0.2, 0.25) is 0 Å². The monoisotopic (exact) mass is 423 g/mol. The van der Waals surface area contributed by atoms with Crippen LogP contribution in [0.5, 0.6) is 5.75 Å². The molecular weight excluding hydrogens is 394 g/mol. The molecule has 0 saturated carbocycles. The van der Waals surface area contributed by atoms with Crippen LogP contribution in [0.4, 0.5) is 5.82 Å². The van der Waals surface area contributed by atoms with Gasteiger partial charge in [0.05, 0.1) is 12.8 Å². The lowest BCUT2D eigenvalue weighted by Crippen LogP contribution is -2.52. The van der Waals surface area contributed by atoms with Gasteiger partial charge in [-0.15, -0.1) is 10.2 Å². The van der Waals surface area contributed by atoms with Crippen molar-refractivity contribution in [2.45, 2.75) is 19.8 Å². The first-order valence-corrected chi connectivity index (χ1v) is 10.8. The summed E-state index contributed by atoms with van der Waals surface area (Å²) in [5.41, 5.74) is 1.81. The van der Waals surface area contributed by atoms with E-state index in [0.29, 0.717) is 26.2 Å². The maximum Gasteiger partial charge on any atom is 0.225 e. The zero-order valence-corrected chi connectivity index (χ0v) is 18.2. The molecule has 164 valence electrons. The van der Waals surface area contributed by atoms with Gasteiger partial charge in [-0.25, -0.2) is 0 Å². The van der Waals surface area contributed by atoms with Gasteiger partial charge in [-0.3, -0.25) is 9.59 Å². The third-order valence-corrected chi connectivity index (χ3v) is 6.24. The molecule has 0 unspecified atom stereocenters. The highest BCUT2D eigenvalue weighted by Gasteiger charge is 2.31. The first-order chi connectivity index (χ1) is 15.0. The van der Waals surface area contributed by atoms with E-state index in [2.05, 4.69) is 15.1 Å². The molecule has 2 fully saturated rings. The molecule has 0 aliphatic carbocycles. The predicted molar refractivity (Wildman–Crippen MR) is 118 cm³/mol. The van der Waals surface area contributed by atoms with E-state index in [4.69, 9.17) is 4.74 Å². The van der Waals surface area contributed by atoms with Crippen LogP contribution in [0, 0.1) is 5.92 Å². The molecule has 2 aliphatic heterocycles. The van der Waals surface area contributed by atoms with Crippen LogP contribution in [0.25, 0.3) is 11.3 Å². The zero-order chi connectivity index (χ0) is 21.8. The Balaban J connectivity index is 1.30. The van der Waals surface area contributed by atoms with E-state index in [0.717, 1.165) is 48.8 Å². The van der Waals surface area contributed by atoms with Crippen LogP contribution in [0.1, 0.15) is 19.8 Å². The molecular formula is C23H29N5O3. The molecule has 8 nitrogen and oxygen atoms in total. The number of ether oxygens (including phenoxy) is 1. The number of amides is 2. The highest BCUT2D eigenvalue weighted by Crippen LogP contribution is 2.23. The van der Waals surface area contributed by atoms with Gasteiger partial charge in [0.2, 0.25) is 11.8 Å². The van der Waals surface area contributed by atoms with Crippen LogP contribution < -0.4 is 9.64 Å². The lowest BCUT2D eigenvalue weighted by Gasteiger charge is -2.38. The number of nitrogens with zero attached hydrogens (tertiary/aromatic N) is 5. The first kappa shape index (κ1) is 21.1. The lowest BCUT2D eigenvalue weighted by atomic mass is 9.95. The van der Waals surface area contributed by atoms with Crippen molar-refractivity contribution in [2.75, 3.05) is 51.3 Å². The molecule has 2 aromatic rings. The second kappa shape index (κ2) is 9.32. The SMILES string of the molecule is COc1ccc(-c2ccc(N3CCN(C(=O)C4CCN(C(C)=O)CC4)CC3)nn2)cc1. The number of piperazine rings is 1. The summed E-state index contributed by atoms with van der Waals surface area (Å²) in [5.74, 6) is 2.00. The van der Waals surface area contributed by atoms with Gasteiger partial charge >= 0.3 is 0 Å². The number of piperidine rings is 1. The molecule has 4 rings (SSSR count). The van der Waals surface area contributed by atoms with Gasteiger partial charge in [-0.2, -0.15) is 0 Å².